The molecule has 16 heteroatoms. The zero-order valence-electron chi connectivity index (χ0n) is 36.4. The second-order valence-corrected chi connectivity index (χ2v) is 18.7. The molecule has 3 aliphatic carbocycles. The number of hydrogen-bond donors (Lipinski definition) is 4. The fourth-order valence-corrected chi connectivity index (χ4v) is 9.67. The number of esters is 4. The van der Waals surface area contributed by atoms with Crippen LogP contribution in [-0.2, 0) is 47.6 Å². The summed E-state index contributed by atoms with van der Waals surface area (Å²) in [5.74, 6) is -6.21. The molecule has 0 spiro atoms. The molecule has 0 radical (unpaired) electrons. The lowest BCUT2D eigenvalue weighted by molar-refractivity contribution is -0.346. The van der Waals surface area contributed by atoms with Crippen molar-refractivity contribution in [1.29, 1.82) is 0 Å². The molecule has 1 aromatic carbocycles. The molecule has 3 fully saturated rings. The number of carbonyl (C=O) groups excluding carboxylic acids is 6. The highest BCUT2D eigenvalue weighted by molar-refractivity contribution is 5.95. The Balaban J connectivity index is 1.73. The molecular formula is C44H61NO15. The first-order chi connectivity index (χ1) is 27.7. The number of carbonyl (C=O) groups is 6. The number of hydrogen-bond acceptors (Lipinski definition) is 15. The molecule has 1 saturated heterocycles. The summed E-state index contributed by atoms with van der Waals surface area (Å²) >= 11 is 0. The van der Waals surface area contributed by atoms with Gasteiger partial charge >= 0.3 is 30.0 Å². The number of nitrogens with one attached hydrogen (secondary N) is 1. The largest absolute Gasteiger partial charge is 0.456 e. The van der Waals surface area contributed by atoms with Crippen molar-refractivity contribution in [3.05, 3.63) is 47.0 Å². The van der Waals surface area contributed by atoms with Crippen molar-refractivity contribution in [2.24, 2.45) is 22.7 Å². The Hall–Kier alpha value is -4.38. The number of rotatable bonds is 11. The lowest BCUT2D eigenvalue weighted by Crippen LogP contribution is -2.82. The van der Waals surface area contributed by atoms with E-state index in [9.17, 15) is 39.3 Å². The lowest BCUT2D eigenvalue weighted by atomic mass is 9.44. The standard InChI is InChI=1S/C44H61NO15/c1-12-30(48)57-33-31-23(4)27(56-38(52)32(49)26(18-22(2)3)45-39(53)60-40(6,7)8)20-44(54,41(31,9)10)36(58-37(51)25-16-14-13-15-17-25)34-42(11,35(33)50)28(47)19-29-43(34,21-55-29)59-24(5)46/h13-17,22,26-29,32-34,36,47,49,54H,12,18-21H2,1-11H3,(H,45,53)/t26-,27-,28-,29+,32+,33+,34?,36-,42+,43-,44+/m0/s1. The number of ketones is 1. The van der Waals surface area contributed by atoms with E-state index in [0.717, 1.165) is 6.92 Å². The maximum Gasteiger partial charge on any atom is 0.407 e. The zero-order valence-corrected chi connectivity index (χ0v) is 36.4. The van der Waals surface area contributed by atoms with Crippen LogP contribution in [0.4, 0.5) is 4.79 Å². The number of amides is 1. The molecule has 1 unspecified atom stereocenters. The van der Waals surface area contributed by atoms with E-state index in [4.69, 9.17) is 28.4 Å². The van der Waals surface area contributed by atoms with E-state index in [-0.39, 0.29) is 48.5 Å². The molecule has 2 bridgehead atoms. The molecule has 1 aromatic rings. The average molecular weight is 844 g/mol. The monoisotopic (exact) mass is 843 g/mol. The van der Waals surface area contributed by atoms with E-state index in [1.54, 1.807) is 52.8 Å². The van der Waals surface area contributed by atoms with Gasteiger partial charge in [-0.15, -0.1) is 0 Å². The molecule has 4 aliphatic rings. The van der Waals surface area contributed by atoms with Gasteiger partial charge in [0.15, 0.2) is 23.6 Å². The maximum atomic E-state index is 15.5. The summed E-state index contributed by atoms with van der Waals surface area (Å²) in [6, 6.07) is 6.67. The van der Waals surface area contributed by atoms with Gasteiger partial charge < -0.3 is 49.1 Å². The van der Waals surface area contributed by atoms with Gasteiger partial charge in [0.2, 0.25) is 0 Å². The summed E-state index contributed by atoms with van der Waals surface area (Å²) in [6.07, 6.45) is -11.2. The first-order valence-corrected chi connectivity index (χ1v) is 20.6. The summed E-state index contributed by atoms with van der Waals surface area (Å²) < 4.78 is 35.7. The Labute approximate surface area is 350 Å². The highest BCUT2D eigenvalue weighted by Gasteiger charge is 2.78. The van der Waals surface area contributed by atoms with Crippen LogP contribution in [0, 0.1) is 22.7 Å². The van der Waals surface area contributed by atoms with E-state index in [1.165, 1.54) is 32.9 Å². The minimum atomic E-state index is -2.37. The Bertz CT molecular complexity index is 1890. The van der Waals surface area contributed by atoms with Crippen molar-refractivity contribution < 1.29 is 72.5 Å². The minimum absolute atomic E-state index is 0.0158. The van der Waals surface area contributed by atoms with Crippen LogP contribution in [0.2, 0.25) is 0 Å². The van der Waals surface area contributed by atoms with Crippen LogP contribution in [0.1, 0.15) is 112 Å². The normalized spacial score (nSPS) is 33.0. The van der Waals surface area contributed by atoms with Crippen LogP contribution in [0.3, 0.4) is 0 Å². The second-order valence-electron chi connectivity index (χ2n) is 18.7. The highest BCUT2D eigenvalue weighted by atomic mass is 16.6. The lowest BCUT2D eigenvalue weighted by Gasteiger charge is -2.67. The van der Waals surface area contributed by atoms with Gasteiger partial charge in [-0.1, -0.05) is 52.8 Å². The molecule has 11 atom stereocenters. The number of alkyl carbamates (subject to hydrolysis) is 1. The third kappa shape index (κ3) is 8.32. The number of ether oxygens (including phenoxy) is 6. The van der Waals surface area contributed by atoms with Gasteiger partial charge in [0, 0.05) is 31.6 Å². The fraction of sp³-hybridized carbons (Fsp3) is 0.682. The van der Waals surface area contributed by atoms with Crippen molar-refractivity contribution in [1.82, 2.24) is 5.32 Å². The average Bonchev–Trinajstić information content (AvgIpc) is 3.14. The minimum Gasteiger partial charge on any atom is -0.456 e. The van der Waals surface area contributed by atoms with Crippen molar-refractivity contribution in [2.45, 2.75) is 161 Å². The van der Waals surface area contributed by atoms with Gasteiger partial charge in [0.1, 0.15) is 29.5 Å². The van der Waals surface area contributed by atoms with Gasteiger partial charge in [0.25, 0.3) is 0 Å². The van der Waals surface area contributed by atoms with Gasteiger partial charge in [-0.2, -0.15) is 0 Å². The third-order valence-corrected chi connectivity index (χ3v) is 12.7. The van der Waals surface area contributed by atoms with E-state index in [0.29, 0.717) is 0 Å². The van der Waals surface area contributed by atoms with E-state index >= 15 is 4.79 Å². The Kier molecular flexibility index (Phi) is 13.1. The zero-order chi connectivity index (χ0) is 44.9. The van der Waals surface area contributed by atoms with Crippen LogP contribution in [0.5, 0.6) is 0 Å². The summed E-state index contributed by atoms with van der Waals surface area (Å²) in [5, 5.41) is 39.8. The molecule has 0 aromatic heterocycles. The molecule has 332 valence electrons. The Morgan fingerprint density at radius 1 is 1.02 bits per heavy atom. The molecule has 1 heterocycles. The van der Waals surface area contributed by atoms with Gasteiger partial charge in [-0.25, -0.2) is 14.4 Å². The first-order valence-electron chi connectivity index (χ1n) is 20.6. The number of aliphatic hydroxyl groups is 3. The van der Waals surface area contributed by atoms with Crippen LogP contribution in [0.15, 0.2) is 41.5 Å². The smallest absolute Gasteiger partial charge is 0.407 e. The molecule has 1 aliphatic heterocycles. The van der Waals surface area contributed by atoms with E-state index in [2.05, 4.69) is 5.32 Å². The van der Waals surface area contributed by atoms with Crippen LogP contribution >= 0.6 is 0 Å². The SMILES string of the molecule is CCC(=O)O[C@H]1C(=O)[C@@]2(C)C([C@H](OC(=O)c3ccccc3)[C@]3(O)C[C@H](OC(=O)[C@H](O)[C@H](CC(C)C)NC(=O)OC(C)(C)C)C(C)=C1C3(C)C)[C@]1(OC(C)=O)CO[C@@H]1C[C@@H]2O. The van der Waals surface area contributed by atoms with Crippen molar-refractivity contribution in [3.8, 4) is 0 Å². The summed E-state index contributed by atoms with van der Waals surface area (Å²) in [4.78, 5) is 82.9. The first kappa shape index (κ1) is 46.7. The predicted octanol–water partition coefficient (Wildman–Crippen LogP) is 3.89. The molecule has 4 N–H and O–H groups in total. The predicted molar refractivity (Wildman–Crippen MR) is 212 cm³/mol. The van der Waals surface area contributed by atoms with Gasteiger partial charge in [-0.3, -0.25) is 14.4 Å². The number of aliphatic hydroxyl groups excluding tert-OH is 2. The van der Waals surface area contributed by atoms with E-state index in [1.807, 2.05) is 13.8 Å². The van der Waals surface area contributed by atoms with Crippen LogP contribution < -0.4 is 5.32 Å². The van der Waals surface area contributed by atoms with E-state index < -0.39 is 118 Å². The molecule has 5 rings (SSSR count). The van der Waals surface area contributed by atoms with Crippen molar-refractivity contribution in [2.75, 3.05) is 6.61 Å². The third-order valence-electron chi connectivity index (χ3n) is 12.7. The summed E-state index contributed by atoms with van der Waals surface area (Å²) in [6.45, 7) is 17.1. The molecule has 2 saturated carbocycles. The molecule has 1 amide bonds. The van der Waals surface area contributed by atoms with Crippen molar-refractivity contribution >= 4 is 35.8 Å². The number of benzene rings is 1. The van der Waals surface area contributed by atoms with Gasteiger partial charge in [0.05, 0.1) is 35.6 Å². The summed E-state index contributed by atoms with van der Waals surface area (Å²) in [7, 11) is 0. The second kappa shape index (κ2) is 16.8. The molecular weight excluding hydrogens is 782 g/mol. The molecule has 60 heavy (non-hydrogen) atoms. The van der Waals surface area contributed by atoms with Gasteiger partial charge in [-0.05, 0) is 70.2 Å². The summed E-state index contributed by atoms with van der Waals surface area (Å²) in [5.41, 5.74) is -8.43. The topological polar surface area (TPSA) is 231 Å². The quantitative estimate of drug-likeness (QED) is 0.141. The Morgan fingerprint density at radius 2 is 1.65 bits per heavy atom. The fourth-order valence-electron chi connectivity index (χ4n) is 9.67. The van der Waals surface area contributed by atoms with Crippen LogP contribution in [0.25, 0.3) is 0 Å². The Morgan fingerprint density at radius 3 is 2.18 bits per heavy atom. The maximum absolute atomic E-state index is 15.5. The highest BCUT2D eigenvalue weighted by Crippen LogP contribution is 2.64. The van der Waals surface area contributed by atoms with Crippen molar-refractivity contribution in [3.63, 3.8) is 0 Å². The van der Waals surface area contributed by atoms with Crippen LogP contribution in [-0.4, -0.2) is 117 Å². The number of Topliss-reactive ketones (excluding diaryl/α,β-unsaturated/α-hetero) is 1. The molecule has 16 nitrogen and oxygen atoms in total. The number of fused-ring (bicyclic) bond motifs is 5.